The zero-order valence-corrected chi connectivity index (χ0v) is 15.6. The molecule has 0 unspecified atom stereocenters. The lowest BCUT2D eigenvalue weighted by Gasteiger charge is -2.07. The molecule has 0 bridgehead atoms. The number of aryl methyl sites for hydroxylation is 1. The molecule has 0 fully saturated rings. The molecule has 0 aliphatic carbocycles. The van der Waals surface area contributed by atoms with Crippen LogP contribution in [0.15, 0.2) is 69.3 Å². The van der Waals surface area contributed by atoms with Gasteiger partial charge in [0.05, 0.1) is 16.4 Å². The van der Waals surface area contributed by atoms with Gasteiger partial charge in [-0.25, -0.2) is 18.1 Å². The van der Waals surface area contributed by atoms with Crippen LogP contribution in [-0.4, -0.2) is 13.4 Å². The van der Waals surface area contributed by atoms with Crippen molar-refractivity contribution in [2.24, 2.45) is 0 Å². The average molecular weight is 384 g/mol. The fraction of sp³-hybridized carbons (Fsp3) is 0.105. The van der Waals surface area contributed by atoms with E-state index in [4.69, 9.17) is 4.42 Å². The van der Waals surface area contributed by atoms with Crippen LogP contribution in [0.5, 0.6) is 0 Å². The smallest absolute Gasteiger partial charge is 0.240 e. The molecule has 4 rings (SSSR count). The quantitative estimate of drug-likeness (QED) is 0.555. The number of benzene rings is 2. The van der Waals surface area contributed by atoms with Gasteiger partial charge in [-0.2, -0.15) is 0 Å². The summed E-state index contributed by atoms with van der Waals surface area (Å²) in [6, 6.07) is 16.3. The Balaban J connectivity index is 1.52. The highest BCUT2D eigenvalue weighted by Crippen LogP contribution is 2.24. The molecule has 132 valence electrons. The van der Waals surface area contributed by atoms with Gasteiger partial charge in [-0.05, 0) is 42.0 Å². The van der Waals surface area contributed by atoms with Crippen molar-refractivity contribution in [2.75, 3.05) is 0 Å². The van der Waals surface area contributed by atoms with Crippen LogP contribution >= 0.6 is 11.3 Å². The van der Waals surface area contributed by atoms with Crippen LogP contribution in [0.1, 0.15) is 10.8 Å². The number of nitrogens with zero attached hydrogens (tertiary/aromatic N) is 1. The summed E-state index contributed by atoms with van der Waals surface area (Å²) in [5.74, 6) is 1.17. The first-order valence-corrected chi connectivity index (χ1v) is 10.4. The maximum absolute atomic E-state index is 12.6. The topological polar surface area (TPSA) is 72.2 Å². The Bertz CT molecular complexity index is 1180. The lowest BCUT2D eigenvalue weighted by Crippen LogP contribution is -2.22. The minimum absolute atomic E-state index is 0.0816. The van der Waals surface area contributed by atoms with Gasteiger partial charge in [0.1, 0.15) is 11.5 Å². The standard InChI is InChI=1S/C19H16N2O3S2/c1-13-21-18(12-25-13)19-9-7-16(24-19)11-20-26(22,23)17-8-6-14-4-2-3-5-15(14)10-17/h2-10,12,20H,11H2,1H3. The Kier molecular flexibility index (Phi) is 4.36. The Morgan fingerprint density at radius 3 is 2.65 bits per heavy atom. The largest absolute Gasteiger partial charge is 0.458 e. The summed E-state index contributed by atoms with van der Waals surface area (Å²) >= 11 is 1.54. The third-order valence-corrected chi connectivity index (χ3v) is 6.17. The summed E-state index contributed by atoms with van der Waals surface area (Å²) in [7, 11) is -3.62. The molecule has 7 heteroatoms. The van der Waals surface area contributed by atoms with Gasteiger partial charge in [0.2, 0.25) is 10.0 Å². The summed E-state index contributed by atoms with van der Waals surface area (Å²) < 4.78 is 33.4. The molecule has 2 heterocycles. The second kappa shape index (κ2) is 6.68. The van der Waals surface area contributed by atoms with E-state index >= 15 is 0 Å². The molecule has 0 amide bonds. The molecule has 0 saturated heterocycles. The highest BCUT2D eigenvalue weighted by atomic mass is 32.2. The first-order chi connectivity index (χ1) is 12.5. The summed E-state index contributed by atoms with van der Waals surface area (Å²) in [5, 5.41) is 4.75. The molecular weight excluding hydrogens is 368 g/mol. The van der Waals surface area contributed by atoms with Gasteiger partial charge in [0.25, 0.3) is 0 Å². The molecular formula is C19H16N2O3S2. The number of hydrogen-bond acceptors (Lipinski definition) is 5. The van der Waals surface area contributed by atoms with Crippen molar-refractivity contribution in [1.29, 1.82) is 0 Å². The second-order valence-corrected chi connectivity index (χ2v) is 8.68. The molecule has 0 saturated carbocycles. The molecule has 5 nitrogen and oxygen atoms in total. The van der Waals surface area contributed by atoms with E-state index in [1.165, 1.54) is 0 Å². The summed E-state index contributed by atoms with van der Waals surface area (Å²) in [5.41, 5.74) is 0.760. The third-order valence-electron chi connectivity index (χ3n) is 4.00. The minimum atomic E-state index is -3.62. The lowest BCUT2D eigenvalue weighted by molar-refractivity contribution is 0.508. The molecule has 1 N–H and O–H groups in total. The first-order valence-electron chi connectivity index (χ1n) is 8.01. The Labute approximate surface area is 155 Å². The molecule has 0 radical (unpaired) electrons. The fourth-order valence-electron chi connectivity index (χ4n) is 2.67. The number of aromatic nitrogens is 1. The number of nitrogens with one attached hydrogen (secondary N) is 1. The van der Waals surface area contributed by atoms with Gasteiger partial charge < -0.3 is 4.42 Å². The van der Waals surface area contributed by atoms with Crippen molar-refractivity contribution in [3.8, 4) is 11.5 Å². The monoisotopic (exact) mass is 384 g/mol. The summed E-state index contributed by atoms with van der Waals surface area (Å²) in [6.45, 7) is 2.01. The minimum Gasteiger partial charge on any atom is -0.458 e. The third kappa shape index (κ3) is 3.41. The van der Waals surface area contributed by atoms with Crippen molar-refractivity contribution >= 4 is 32.1 Å². The van der Waals surface area contributed by atoms with Crippen LogP contribution in [0.4, 0.5) is 0 Å². The fourth-order valence-corrected chi connectivity index (χ4v) is 4.30. The van der Waals surface area contributed by atoms with Crippen molar-refractivity contribution in [3.63, 3.8) is 0 Å². The van der Waals surface area contributed by atoms with Crippen molar-refractivity contribution in [1.82, 2.24) is 9.71 Å². The molecule has 4 aromatic rings. The predicted octanol–water partition coefficient (Wildman–Crippen LogP) is 4.34. The maximum atomic E-state index is 12.6. The Morgan fingerprint density at radius 1 is 1.08 bits per heavy atom. The van der Waals surface area contributed by atoms with E-state index < -0.39 is 10.0 Å². The second-order valence-electron chi connectivity index (χ2n) is 5.85. The van der Waals surface area contributed by atoms with Gasteiger partial charge in [-0.1, -0.05) is 30.3 Å². The molecule has 0 aliphatic rings. The maximum Gasteiger partial charge on any atom is 0.240 e. The molecule has 2 aromatic heterocycles. The van der Waals surface area contributed by atoms with Gasteiger partial charge in [-0.3, -0.25) is 0 Å². The number of hydrogen-bond donors (Lipinski definition) is 1. The number of furan rings is 1. The number of fused-ring (bicyclic) bond motifs is 1. The van der Waals surface area contributed by atoms with Crippen molar-refractivity contribution in [2.45, 2.75) is 18.4 Å². The van der Waals surface area contributed by atoms with Gasteiger partial charge in [0.15, 0.2) is 5.76 Å². The zero-order chi connectivity index (χ0) is 18.1. The van der Waals surface area contributed by atoms with Gasteiger partial charge >= 0.3 is 0 Å². The zero-order valence-electron chi connectivity index (χ0n) is 14.0. The van der Waals surface area contributed by atoms with E-state index in [0.717, 1.165) is 21.5 Å². The van der Waals surface area contributed by atoms with Crippen molar-refractivity contribution < 1.29 is 12.8 Å². The Hall–Kier alpha value is -2.48. The van der Waals surface area contributed by atoms with E-state index in [2.05, 4.69) is 9.71 Å². The van der Waals surface area contributed by atoms with Crippen molar-refractivity contribution in [3.05, 3.63) is 70.7 Å². The molecule has 0 atom stereocenters. The number of rotatable bonds is 5. The number of sulfonamides is 1. The lowest BCUT2D eigenvalue weighted by atomic mass is 10.1. The highest BCUT2D eigenvalue weighted by molar-refractivity contribution is 7.89. The van der Waals surface area contributed by atoms with Crippen LogP contribution < -0.4 is 4.72 Å². The molecule has 2 aromatic carbocycles. The first kappa shape index (κ1) is 17.0. The highest BCUT2D eigenvalue weighted by Gasteiger charge is 2.16. The van der Waals surface area contributed by atoms with E-state index in [0.29, 0.717) is 11.5 Å². The molecule has 26 heavy (non-hydrogen) atoms. The van der Waals surface area contributed by atoms with E-state index in [9.17, 15) is 8.42 Å². The van der Waals surface area contributed by atoms with E-state index in [1.807, 2.05) is 36.6 Å². The van der Waals surface area contributed by atoms with Crippen LogP contribution in [0, 0.1) is 6.92 Å². The molecule has 0 spiro atoms. The van der Waals surface area contributed by atoms with Gasteiger partial charge in [-0.15, -0.1) is 11.3 Å². The Morgan fingerprint density at radius 2 is 1.88 bits per heavy atom. The van der Waals surface area contributed by atoms with Crippen LogP contribution in [0.2, 0.25) is 0 Å². The normalized spacial score (nSPS) is 11.9. The van der Waals surface area contributed by atoms with Gasteiger partial charge in [0, 0.05) is 5.38 Å². The summed E-state index contributed by atoms with van der Waals surface area (Å²) in [6.07, 6.45) is 0. The molecule has 0 aliphatic heterocycles. The SMILES string of the molecule is Cc1nc(-c2ccc(CNS(=O)(=O)c3ccc4ccccc4c3)o2)cs1. The van der Waals surface area contributed by atoms with Crippen LogP contribution in [0.25, 0.3) is 22.2 Å². The average Bonchev–Trinajstić information content (AvgIpc) is 3.28. The van der Waals surface area contributed by atoms with Crippen LogP contribution in [0.3, 0.4) is 0 Å². The summed E-state index contributed by atoms with van der Waals surface area (Å²) in [4.78, 5) is 4.60. The van der Waals surface area contributed by atoms with Crippen LogP contribution in [-0.2, 0) is 16.6 Å². The predicted molar refractivity (Wildman–Crippen MR) is 103 cm³/mol. The van der Waals surface area contributed by atoms with E-state index in [-0.39, 0.29) is 11.4 Å². The van der Waals surface area contributed by atoms with E-state index in [1.54, 1.807) is 41.7 Å². The number of thiazole rings is 1.